The van der Waals surface area contributed by atoms with E-state index in [1.807, 2.05) is 0 Å². The predicted octanol–water partition coefficient (Wildman–Crippen LogP) is 2.20. The summed E-state index contributed by atoms with van der Waals surface area (Å²) in [5, 5.41) is 0. The van der Waals surface area contributed by atoms with E-state index in [0.717, 1.165) is 32.4 Å². The van der Waals surface area contributed by atoms with Crippen molar-refractivity contribution < 1.29 is 9.53 Å². The zero-order valence-electron chi connectivity index (χ0n) is 10.5. The smallest absolute Gasteiger partial charge is 0.306 e. The number of rotatable bonds is 3. The second-order valence-corrected chi connectivity index (χ2v) is 5.39. The molecule has 92 valence electrons. The van der Waals surface area contributed by atoms with Crippen molar-refractivity contribution in [2.45, 2.75) is 51.0 Å². The van der Waals surface area contributed by atoms with Crippen LogP contribution in [0, 0.1) is 5.92 Å². The Morgan fingerprint density at radius 1 is 1.44 bits per heavy atom. The van der Waals surface area contributed by atoms with E-state index in [1.54, 1.807) is 0 Å². The van der Waals surface area contributed by atoms with Gasteiger partial charge in [-0.3, -0.25) is 4.79 Å². The molecule has 2 rings (SSSR count). The molecule has 0 aromatic carbocycles. The number of carbonyl (C=O) groups excluding carboxylic acids is 1. The molecule has 0 N–H and O–H groups in total. The highest BCUT2D eigenvalue weighted by Crippen LogP contribution is 2.43. The SMILES string of the molecule is CCCC[C@@H]1CC(=O)OC12CCN(C)CC2. The molecule has 0 radical (unpaired) electrons. The number of carbonyl (C=O) groups is 1. The van der Waals surface area contributed by atoms with Crippen LogP contribution in [-0.2, 0) is 9.53 Å². The summed E-state index contributed by atoms with van der Waals surface area (Å²) < 4.78 is 5.68. The van der Waals surface area contributed by atoms with Gasteiger partial charge in [-0.2, -0.15) is 0 Å². The van der Waals surface area contributed by atoms with Gasteiger partial charge in [0.05, 0.1) is 6.42 Å². The zero-order valence-corrected chi connectivity index (χ0v) is 10.5. The Balaban J connectivity index is 2.02. The maximum atomic E-state index is 11.5. The van der Waals surface area contributed by atoms with Crippen LogP contribution in [0.25, 0.3) is 0 Å². The third-order valence-electron chi connectivity index (χ3n) is 4.21. The minimum Gasteiger partial charge on any atom is -0.459 e. The van der Waals surface area contributed by atoms with E-state index in [2.05, 4.69) is 18.9 Å². The van der Waals surface area contributed by atoms with Gasteiger partial charge in [-0.05, 0) is 13.5 Å². The lowest BCUT2D eigenvalue weighted by molar-refractivity contribution is -0.153. The van der Waals surface area contributed by atoms with Crippen LogP contribution in [-0.4, -0.2) is 36.6 Å². The first-order valence-corrected chi connectivity index (χ1v) is 6.56. The molecule has 1 atom stereocenters. The van der Waals surface area contributed by atoms with Crippen LogP contribution in [0.2, 0.25) is 0 Å². The van der Waals surface area contributed by atoms with E-state index in [9.17, 15) is 4.79 Å². The highest BCUT2D eigenvalue weighted by molar-refractivity contribution is 5.73. The standard InChI is InChI=1S/C13H23NO2/c1-3-4-5-11-10-12(15)16-13(11)6-8-14(2)9-7-13/h11H,3-10H2,1-2H3/t11-/m1/s1. The van der Waals surface area contributed by atoms with Crippen molar-refractivity contribution in [2.75, 3.05) is 20.1 Å². The largest absolute Gasteiger partial charge is 0.459 e. The van der Waals surface area contributed by atoms with E-state index in [4.69, 9.17) is 4.74 Å². The molecule has 2 saturated heterocycles. The number of ether oxygens (including phenoxy) is 1. The van der Waals surface area contributed by atoms with Crippen molar-refractivity contribution >= 4 is 5.97 Å². The predicted molar refractivity (Wildman–Crippen MR) is 63.2 cm³/mol. The molecule has 0 bridgehead atoms. The topological polar surface area (TPSA) is 29.5 Å². The minimum absolute atomic E-state index is 0.0330. The number of hydrogen-bond acceptors (Lipinski definition) is 3. The molecule has 0 aliphatic carbocycles. The number of likely N-dealkylation sites (tertiary alicyclic amines) is 1. The summed E-state index contributed by atoms with van der Waals surface area (Å²) in [4.78, 5) is 13.9. The van der Waals surface area contributed by atoms with Crippen molar-refractivity contribution in [3.63, 3.8) is 0 Å². The van der Waals surface area contributed by atoms with Gasteiger partial charge in [0.2, 0.25) is 0 Å². The summed E-state index contributed by atoms with van der Waals surface area (Å²) in [5.74, 6) is 0.513. The third kappa shape index (κ3) is 2.24. The molecule has 0 amide bonds. The Bertz CT molecular complexity index is 257. The van der Waals surface area contributed by atoms with Crippen LogP contribution in [0.15, 0.2) is 0 Å². The normalized spacial score (nSPS) is 29.6. The number of nitrogens with zero attached hydrogens (tertiary/aromatic N) is 1. The number of piperidine rings is 1. The average Bonchev–Trinajstić information content (AvgIpc) is 2.57. The summed E-state index contributed by atoms with van der Waals surface area (Å²) in [5.41, 5.74) is -0.0984. The van der Waals surface area contributed by atoms with Crippen molar-refractivity contribution in [1.29, 1.82) is 0 Å². The summed E-state index contributed by atoms with van der Waals surface area (Å²) in [6, 6.07) is 0. The van der Waals surface area contributed by atoms with Gasteiger partial charge >= 0.3 is 5.97 Å². The van der Waals surface area contributed by atoms with Crippen LogP contribution < -0.4 is 0 Å². The molecule has 2 aliphatic heterocycles. The Hall–Kier alpha value is -0.570. The Labute approximate surface area is 98.1 Å². The van der Waals surface area contributed by atoms with Crippen LogP contribution in [0.1, 0.15) is 45.4 Å². The van der Waals surface area contributed by atoms with E-state index in [1.165, 1.54) is 12.8 Å². The lowest BCUT2D eigenvalue weighted by Crippen LogP contribution is -2.46. The summed E-state index contributed by atoms with van der Waals surface area (Å²) in [6.07, 6.45) is 6.31. The van der Waals surface area contributed by atoms with Gasteiger partial charge in [0, 0.05) is 31.8 Å². The molecule has 0 aromatic rings. The molecule has 3 nitrogen and oxygen atoms in total. The molecule has 2 fully saturated rings. The number of hydrogen-bond donors (Lipinski definition) is 0. The summed E-state index contributed by atoms with van der Waals surface area (Å²) in [7, 11) is 2.14. The summed E-state index contributed by atoms with van der Waals surface area (Å²) in [6.45, 7) is 4.34. The fourth-order valence-corrected chi connectivity index (χ4v) is 3.06. The van der Waals surface area contributed by atoms with Gasteiger partial charge in [0.1, 0.15) is 5.60 Å². The second kappa shape index (κ2) is 4.74. The van der Waals surface area contributed by atoms with Gasteiger partial charge in [0.15, 0.2) is 0 Å². The lowest BCUT2D eigenvalue weighted by Gasteiger charge is -2.40. The fraction of sp³-hybridized carbons (Fsp3) is 0.923. The van der Waals surface area contributed by atoms with Gasteiger partial charge in [0.25, 0.3) is 0 Å². The first-order chi connectivity index (χ1) is 7.66. The molecule has 16 heavy (non-hydrogen) atoms. The van der Waals surface area contributed by atoms with Crippen LogP contribution in [0.5, 0.6) is 0 Å². The molecule has 1 spiro atoms. The lowest BCUT2D eigenvalue weighted by atomic mass is 9.77. The van der Waals surface area contributed by atoms with Crippen LogP contribution >= 0.6 is 0 Å². The van der Waals surface area contributed by atoms with E-state index in [0.29, 0.717) is 12.3 Å². The van der Waals surface area contributed by atoms with Crippen molar-refractivity contribution in [3.05, 3.63) is 0 Å². The van der Waals surface area contributed by atoms with Crippen molar-refractivity contribution in [1.82, 2.24) is 4.90 Å². The average molecular weight is 225 g/mol. The minimum atomic E-state index is -0.0984. The van der Waals surface area contributed by atoms with Gasteiger partial charge in [-0.15, -0.1) is 0 Å². The molecular weight excluding hydrogens is 202 g/mol. The molecule has 3 heteroatoms. The van der Waals surface area contributed by atoms with E-state index < -0.39 is 0 Å². The first kappa shape index (κ1) is 11.9. The molecular formula is C13H23NO2. The first-order valence-electron chi connectivity index (χ1n) is 6.56. The second-order valence-electron chi connectivity index (χ2n) is 5.39. The molecule has 2 heterocycles. The Morgan fingerprint density at radius 3 is 2.75 bits per heavy atom. The number of unbranched alkanes of at least 4 members (excludes halogenated alkanes) is 1. The Kier molecular flexibility index (Phi) is 3.53. The quantitative estimate of drug-likeness (QED) is 0.690. The molecule has 0 saturated carbocycles. The number of esters is 1. The van der Waals surface area contributed by atoms with E-state index in [-0.39, 0.29) is 11.6 Å². The van der Waals surface area contributed by atoms with Gasteiger partial charge < -0.3 is 9.64 Å². The van der Waals surface area contributed by atoms with Gasteiger partial charge in [-0.25, -0.2) is 0 Å². The maximum Gasteiger partial charge on any atom is 0.306 e. The highest BCUT2D eigenvalue weighted by Gasteiger charge is 2.49. The summed E-state index contributed by atoms with van der Waals surface area (Å²) >= 11 is 0. The molecule has 0 unspecified atom stereocenters. The van der Waals surface area contributed by atoms with Crippen LogP contribution in [0.4, 0.5) is 0 Å². The van der Waals surface area contributed by atoms with Crippen LogP contribution in [0.3, 0.4) is 0 Å². The van der Waals surface area contributed by atoms with Crippen molar-refractivity contribution in [2.24, 2.45) is 5.92 Å². The monoisotopic (exact) mass is 225 g/mol. The van der Waals surface area contributed by atoms with Gasteiger partial charge in [-0.1, -0.05) is 19.8 Å². The van der Waals surface area contributed by atoms with E-state index >= 15 is 0 Å². The molecule has 2 aliphatic rings. The van der Waals surface area contributed by atoms with Crippen molar-refractivity contribution in [3.8, 4) is 0 Å². The fourth-order valence-electron chi connectivity index (χ4n) is 3.06. The maximum absolute atomic E-state index is 11.5. The molecule has 0 aromatic heterocycles. The Morgan fingerprint density at radius 2 is 2.12 bits per heavy atom. The highest BCUT2D eigenvalue weighted by atomic mass is 16.6. The third-order valence-corrected chi connectivity index (χ3v) is 4.21. The zero-order chi connectivity index (χ0) is 11.6.